The zero-order chi connectivity index (χ0) is 16.7. The number of hydrogen-bond donors (Lipinski definition) is 3. The molecule has 0 atom stereocenters. The summed E-state index contributed by atoms with van der Waals surface area (Å²) in [5, 5.41) is 0. The molecule has 0 saturated heterocycles. The van der Waals surface area contributed by atoms with Crippen LogP contribution in [0.5, 0.6) is 0 Å². The van der Waals surface area contributed by atoms with Gasteiger partial charge in [0, 0.05) is 0 Å². The molecule has 3 aromatic rings. The van der Waals surface area contributed by atoms with E-state index in [2.05, 4.69) is 9.98 Å². The Morgan fingerprint density at radius 3 is 2.84 bits per heavy atom. The lowest BCUT2D eigenvalue weighted by Gasteiger charge is -1.96. The third-order valence-electron chi connectivity index (χ3n) is 2.51. The molecule has 2 heterocycles. The number of imidazole rings is 1. The Hall–Kier alpha value is -2.63. The van der Waals surface area contributed by atoms with Crippen LogP contribution in [0.15, 0.2) is 46.1 Å². The maximum atomic E-state index is 12.9. The van der Waals surface area contributed by atoms with Crippen LogP contribution in [0.4, 0.5) is 4.39 Å². The molecule has 0 radical (unpaired) electrons. The molecule has 0 bridgehead atoms. The summed E-state index contributed by atoms with van der Waals surface area (Å²) in [6.07, 6.45) is 0. The summed E-state index contributed by atoms with van der Waals surface area (Å²) in [5.41, 5.74) is -0.468. The van der Waals surface area contributed by atoms with E-state index in [0.717, 1.165) is 0 Å². The van der Waals surface area contributed by atoms with Gasteiger partial charge >= 0.3 is 5.69 Å². The van der Waals surface area contributed by atoms with Crippen molar-refractivity contribution in [3.63, 3.8) is 0 Å². The lowest BCUT2D eigenvalue weighted by atomic mass is 10.2. The van der Waals surface area contributed by atoms with Gasteiger partial charge in [-0.3, -0.25) is 9.97 Å². The largest absolute Gasteiger partial charge is 0.325 e. The zero-order valence-corrected chi connectivity index (χ0v) is 9.64. The van der Waals surface area contributed by atoms with Gasteiger partial charge in [-0.15, -0.1) is 0 Å². The van der Waals surface area contributed by atoms with Crippen molar-refractivity contribution in [1.29, 1.82) is 0 Å². The Kier molecular flexibility index (Phi) is 1.86. The summed E-state index contributed by atoms with van der Waals surface area (Å²) >= 11 is 0. The molecule has 19 heavy (non-hydrogen) atoms. The standard InChI is InChI=1S/C13H11FN4O/c14-9-3-1-8(2-4-9)7-15-11-6-5-10-12(17-11)18-13(19)16-10/h1-6H,7H2,(H3,15,16,17,18,19)/i5D,6D/hD2. The number of H-pyrrole nitrogens is 3. The van der Waals surface area contributed by atoms with Gasteiger partial charge in [0.2, 0.25) is 0 Å². The number of pyridine rings is 1. The van der Waals surface area contributed by atoms with E-state index in [1.807, 2.05) is 0 Å². The average molecular weight is 262 g/mol. The molecule has 2 aromatic heterocycles. The summed E-state index contributed by atoms with van der Waals surface area (Å²) in [4.78, 5) is 19.2. The molecule has 0 fully saturated rings. The maximum Gasteiger partial charge on any atom is 0.324 e. The molecule has 3 rings (SSSR count). The molecule has 0 spiro atoms. The van der Waals surface area contributed by atoms with Crippen LogP contribution in [0.25, 0.3) is 11.2 Å². The predicted octanol–water partition coefficient (Wildman–Crippen LogP) is 1.42. The number of aromatic nitrogens is 3. The van der Waals surface area contributed by atoms with E-state index in [1.54, 1.807) is 12.1 Å². The quantitative estimate of drug-likeness (QED) is 0.642. The van der Waals surface area contributed by atoms with E-state index in [4.69, 9.17) is 5.57 Å². The SMILES string of the molecule is [2H]c1c([2H])c2c([nH]c1=NCc1ccc(F)cc1)n([2H])c(=O)n2[2H]. The first-order valence-corrected chi connectivity index (χ1v) is 5.50. The van der Waals surface area contributed by atoms with Gasteiger partial charge in [-0.25, -0.2) is 9.18 Å². The topological polar surface area (TPSA) is 76.8 Å². The highest BCUT2D eigenvalue weighted by Gasteiger charge is 1.96. The second kappa shape index (κ2) is 4.56. The summed E-state index contributed by atoms with van der Waals surface area (Å²) in [7, 11) is 0. The molecule has 96 valence electrons. The Bertz CT molecular complexity index is 1020. The monoisotopic (exact) mass is 262 g/mol. The number of hydrogen-bond acceptors (Lipinski definition) is 2. The molecule has 3 N–H and O–H groups in total. The van der Waals surface area contributed by atoms with Crippen molar-refractivity contribution in [3.05, 3.63) is 63.7 Å². The fourth-order valence-corrected chi connectivity index (χ4v) is 1.60. The molecule has 0 aliphatic rings. The maximum absolute atomic E-state index is 12.9. The van der Waals surface area contributed by atoms with Gasteiger partial charge in [0.25, 0.3) is 0 Å². The number of benzene rings is 1. The molecule has 5 nitrogen and oxygen atoms in total. The van der Waals surface area contributed by atoms with Crippen molar-refractivity contribution >= 4 is 11.2 Å². The normalized spacial score (nSPS) is 15.1. The Labute approximate surface area is 112 Å². The molecule has 1 aromatic carbocycles. The van der Waals surface area contributed by atoms with Crippen molar-refractivity contribution in [2.45, 2.75) is 6.54 Å². The van der Waals surface area contributed by atoms with Crippen LogP contribution in [0.2, 0.25) is 2.82 Å². The van der Waals surface area contributed by atoms with Crippen LogP contribution in [-0.2, 0) is 6.54 Å². The van der Waals surface area contributed by atoms with Gasteiger partial charge in [0.05, 0.1) is 14.8 Å². The van der Waals surface area contributed by atoms with Crippen molar-refractivity contribution in [2.24, 2.45) is 4.99 Å². The smallest absolute Gasteiger partial charge is 0.324 e. The highest BCUT2D eigenvalue weighted by atomic mass is 19.1. The molecule has 0 saturated carbocycles. The van der Waals surface area contributed by atoms with Gasteiger partial charge < -0.3 is 9.96 Å². The van der Waals surface area contributed by atoms with Crippen LogP contribution in [0.3, 0.4) is 0 Å². The van der Waals surface area contributed by atoms with E-state index in [1.165, 1.54) is 12.1 Å². The van der Waals surface area contributed by atoms with Gasteiger partial charge in [0.1, 0.15) is 17.0 Å². The van der Waals surface area contributed by atoms with E-state index < -0.39 is 5.69 Å². The van der Waals surface area contributed by atoms with E-state index in [-0.39, 0.29) is 41.1 Å². The summed E-state index contributed by atoms with van der Waals surface area (Å²) in [6, 6.07) is 5.02. The van der Waals surface area contributed by atoms with Gasteiger partial charge in [-0.05, 0) is 29.8 Å². The van der Waals surface area contributed by atoms with Crippen LogP contribution in [0, 0.1) is 5.82 Å². The van der Waals surface area contributed by atoms with Gasteiger partial charge in [-0.1, -0.05) is 12.1 Å². The van der Waals surface area contributed by atoms with Crippen molar-refractivity contribution < 1.29 is 9.96 Å². The number of nitrogens with zero attached hydrogens (tertiary/aromatic N) is 1. The molecule has 6 heteroatoms. The lowest BCUT2D eigenvalue weighted by molar-refractivity contribution is 0.627. The minimum absolute atomic E-state index is 0.0124. The summed E-state index contributed by atoms with van der Waals surface area (Å²) < 4.78 is 43.8. The molecular weight excluding hydrogens is 247 g/mol. The number of nitrogens with one attached hydrogen (secondary N) is 3. The number of halogens is 1. The fraction of sp³-hybridized carbons (Fsp3) is 0.0769. The van der Waals surface area contributed by atoms with E-state index in [9.17, 15) is 9.18 Å². The average Bonchev–Trinajstić information content (AvgIpc) is 2.75. The third-order valence-corrected chi connectivity index (χ3v) is 2.51. The van der Waals surface area contributed by atoms with Crippen molar-refractivity contribution in [1.82, 2.24) is 14.9 Å². The Morgan fingerprint density at radius 2 is 2.05 bits per heavy atom. The van der Waals surface area contributed by atoms with Crippen molar-refractivity contribution in [2.75, 3.05) is 0 Å². The predicted molar refractivity (Wildman–Crippen MR) is 68.9 cm³/mol. The highest BCUT2D eigenvalue weighted by molar-refractivity contribution is 5.68. The first-order chi connectivity index (χ1) is 10.9. The number of aromatic amines is 3. The zero-order valence-electron chi connectivity index (χ0n) is 13.6. The minimum atomic E-state index is -0.945. The summed E-state index contributed by atoms with van der Waals surface area (Å²) in [5.74, 6) is -0.369. The van der Waals surface area contributed by atoms with E-state index >= 15 is 0 Å². The molecular formula is C13H11FN4O. The fourth-order valence-electron chi connectivity index (χ4n) is 1.60. The number of rotatable bonds is 2. The highest BCUT2D eigenvalue weighted by Crippen LogP contribution is 2.03. The van der Waals surface area contributed by atoms with Crippen LogP contribution in [0.1, 0.15) is 8.30 Å². The van der Waals surface area contributed by atoms with Crippen LogP contribution in [-0.4, -0.2) is 14.9 Å². The van der Waals surface area contributed by atoms with E-state index in [0.29, 0.717) is 15.5 Å². The van der Waals surface area contributed by atoms with Crippen LogP contribution < -0.4 is 11.2 Å². The molecule has 0 amide bonds. The summed E-state index contributed by atoms with van der Waals surface area (Å²) in [6.45, 7) is 0.136. The van der Waals surface area contributed by atoms with Crippen LogP contribution >= 0.6 is 0 Å². The van der Waals surface area contributed by atoms with Crippen molar-refractivity contribution in [3.8, 4) is 0 Å². The Balaban J connectivity index is 2.16. The minimum Gasteiger partial charge on any atom is -0.325 e. The number of fused-ring (bicyclic) bond motifs is 1. The Morgan fingerprint density at radius 1 is 1.26 bits per heavy atom. The van der Waals surface area contributed by atoms with Gasteiger partial charge in [0.15, 0.2) is 2.82 Å². The van der Waals surface area contributed by atoms with Gasteiger partial charge in [-0.2, -0.15) is 0 Å². The first kappa shape index (κ1) is 7.73. The molecule has 0 aliphatic carbocycles. The lowest BCUT2D eigenvalue weighted by Crippen LogP contribution is -2.07. The second-order valence-electron chi connectivity index (χ2n) is 3.87. The first-order valence-electron chi connectivity index (χ1n) is 7.40. The molecule has 0 unspecified atom stereocenters. The molecule has 0 aliphatic heterocycles. The third kappa shape index (κ3) is 2.47. The second-order valence-corrected chi connectivity index (χ2v) is 3.87.